The van der Waals surface area contributed by atoms with Crippen LogP contribution in [-0.2, 0) is 6.42 Å². The fraction of sp³-hybridized carbons (Fsp3) is 0.273. The van der Waals surface area contributed by atoms with E-state index in [1.165, 1.54) is 0 Å². The van der Waals surface area contributed by atoms with Gasteiger partial charge in [0.25, 0.3) is 0 Å². The molecule has 0 fully saturated rings. The van der Waals surface area contributed by atoms with Crippen LogP contribution in [-0.4, -0.2) is 37.8 Å². The molecule has 0 spiro atoms. The summed E-state index contributed by atoms with van der Waals surface area (Å²) in [6.45, 7) is 2.69. The van der Waals surface area contributed by atoms with Gasteiger partial charge in [-0.25, -0.2) is 4.98 Å². The summed E-state index contributed by atoms with van der Waals surface area (Å²) >= 11 is 0. The number of aromatic nitrogens is 2. The zero-order chi connectivity index (χ0) is 20.6. The van der Waals surface area contributed by atoms with Crippen molar-refractivity contribution in [3.05, 3.63) is 59.8 Å². The van der Waals surface area contributed by atoms with Gasteiger partial charge >= 0.3 is 0 Å². The lowest BCUT2D eigenvalue weighted by Crippen LogP contribution is -2.09. The molecule has 0 unspecified atom stereocenters. The number of benzene rings is 2. The Morgan fingerprint density at radius 2 is 1.59 bits per heavy atom. The molecule has 0 saturated carbocycles. The fourth-order valence-corrected chi connectivity index (χ4v) is 2.94. The second kappa shape index (κ2) is 9.64. The van der Waals surface area contributed by atoms with Gasteiger partial charge < -0.3 is 25.4 Å². The van der Waals surface area contributed by atoms with E-state index >= 15 is 0 Å². The average Bonchev–Trinajstić information content (AvgIpc) is 2.73. The van der Waals surface area contributed by atoms with Crippen molar-refractivity contribution in [2.24, 2.45) is 0 Å². The van der Waals surface area contributed by atoms with Crippen molar-refractivity contribution >= 4 is 23.1 Å². The molecule has 29 heavy (non-hydrogen) atoms. The van der Waals surface area contributed by atoms with Crippen molar-refractivity contribution in [1.82, 2.24) is 9.97 Å². The highest BCUT2D eigenvalue weighted by atomic mass is 16.5. The highest BCUT2D eigenvalue weighted by Gasteiger charge is 2.06. The van der Waals surface area contributed by atoms with Crippen LogP contribution in [0.5, 0.6) is 11.5 Å². The van der Waals surface area contributed by atoms with Crippen LogP contribution in [0, 0.1) is 6.92 Å². The molecule has 0 aliphatic carbocycles. The third-order valence-electron chi connectivity index (χ3n) is 4.45. The zero-order valence-electron chi connectivity index (χ0n) is 17.2. The van der Waals surface area contributed by atoms with E-state index in [1.54, 1.807) is 14.2 Å². The summed E-state index contributed by atoms with van der Waals surface area (Å²) in [4.78, 5) is 9.04. The second-order valence-electron chi connectivity index (χ2n) is 6.54. The van der Waals surface area contributed by atoms with Gasteiger partial charge in [-0.2, -0.15) is 4.98 Å². The minimum absolute atomic E-state index is 0.566. The number of hydrogen-bond acceptors (Lipinski definition) is 7. The van der Waals surface area contributed by atoms with Gasteiger partial charge in [-0.3, -0.25) is 0 Å². The van der Waals surface area contributed by atoms with E-state index in [1.807, 2.05) is 62.5 Å². The van der Waals surface area contributed by atoms with Gasteiger partial charge in [0.05, 0.1) is 14.2 Å². The van der Waals surface area contributed by atoms with E-state index in [0.717, 1.165) is 52.9 Å². The Morgan fingerprint density at radius 3 is 2.28 bits per heavy atom. The lowest BCUT2D eigenvalue weighted by Gasteiger charge is -2.12. The first-order chi connectivity index (χ1) is 14.1. The number of anilines is 4. The Kier molecular flexibility index (Phi) is 6.73. The highest BCUT2D eigenvalue weighted by Crippen LogP contribution is 2.27. The molecule has 0 radical (unpaired) electrons. The van der Waals surface area contributed by atoms with Crippen molar-refractivity contribution in [2.75, 3.05) is 43.8 Å². The molecule has 3 rings (SSSR count). The van der Waals surface area contributed by atoms with Gasteiger partial charge in [0, 0.05) is 36.7 Å². The van der Waals surface area contributed by atoms with Gasteiger partial charge in [0.15, 0.2) is 11.5 Å². The lowest BCUT2D eigenvalue weighted by molar-refractivity contribution is 0.354. The fourth-order valence-electron chi connectivity index (χ4n) is 2.94. The van der Waals surface area contributed by atoms with Crippen molar-refractivity contribution in [3.63, 3.8) is 0 Å². The number of rotatable bonds is 9. The van der Waals surface area contributed by atoms with E-state index in [4.69, 9.17) is 9.47 Å². The maximum absolute atomic E-state index is 5.37. The van der Waals surface area contributed by atoms with Crippen LogP contribution in [0.2, 0.25) is 0 Å². The van der Waals surface area contributed by atoms with Crippen LogP contribution in [0.4, 0.5) is 23.1 Å². The lowest BCUT2D eigenvalue weighted by atomic mass is 10.1. The summed E-state index contributed by atoms with van der Waals surface area (Å²) in [6.07, 6.45) is 0.831. The predicted octanol–water partition coefficient (Wildman–Crippen LogP) is 4.24. The molecular weight excluding hydrogens is 366 g/mol. The first-order valence-corrected chi connectivity index (χ1v) is 9.46. The first-order valence-electron chi connectivity index (χ1n) is 9.46. The Morgan fingerprint density at radius 1 is 0.862 bits per heavy atom. The summed E-state index contributed by atoms with van der Waals surface area (Å²) in [7, 11) is 5.17. The van der Waals surface area contributed by atoms with E-state index in [9.17, 15) is 0 Å². The Balaban J connectivity index is 1.62. The number of nitrogens with one attached hydrogen (secondary N) is 3. The number of methoxy groups -OCH3 is 2. The molecule has 7 nitrogen and oxygen atoms in total. The average molecular weight is 393 g/mol. The van der Waals surface area contributed by atoms with Crippen LogP contribution in [0.1, 0.15) is 11.3 Å². The van der Waals surface area contributed by atoms with Gasteiger partial charge in [0.2, 0.25) is 5.95 Å². The van der Waals surface area contributed by atoms with Gasteiger partial charge in [-0.05, 0) is 55.3 Å². The Labute approximate surface area is 171 Å². The van der Waals surface area contributed by atoms with Crippen molar-refractivity contribution in [1.29, 1.82) is 0 Å². The summed E-state index contributed by atoms with van der Waals surface area (Å²) in [5.74, 6) is 2.82. The van der Waals surface area contributed by atoms with E-state index in [0.29, 0.717) is 5.95 Å². The van der Waals surface area contributed by atoms with Crippen molar-refractivity contribution < 1.29 is 9.47 Å². The molecule has 3 aromatic rings. The molecule has 0 amide bonds. The van der Waals surface area contributed by atoms with E-state index in [2.05, 4.69) is 25.9 Å². The maximum atomic E-state index is 5.37. The maximum Gasteiger partial charge on any atom is 0.229 e. The molecule has 0 atom stereocenters. The molecule has 0 saturated heterocycles. The van der Waals surface area contributed by atoms with Crippen LogP contribution in [0.15, 0.2) is 48.5 Å². The Bertz CT molecular complexity index is 944. The normalized spacial score (nSPS) is 10.3. The smallest absolute Gasteiger partial charge is 0.229 e. The molecule has 7 heteroatoms. The van der Waals surface area contributed by atoms with Crippen LogP contribution in [0.3, 0.4) is 0 Å². The highest BCUT2D eigenvalue weighted by molar-refractivity contribution is 5.59. The molecule has 0 aliphatic heterocycles. The molecule has 3 N–H and O–H groups in total. The zero-order valence-corrected chi connectivity index (χ0v) is 17.2. The largest absolute Gasteiger partial charge is 0.493 e. The monoisotopic (exact) mass is 393 g/mol. The number of hydrogen-bond donors (Lipinski definition) is 3. The van der Waals surface area contributed by atoms with Gasteiger partial charge in [-0.1, -0.05) is 6.07 Å². The first kappa shape index (κ1) is 20.3. The van der Waals surface area contributed by atoms with Gasteiger partial charge in [0.1, 0.15) is 5.82 Å². The molecule has 2 aromatic carbocycles. The third kappa shape index (κ3) is 5.51. The molecule has 0 aliphatic rings. The van der Waals surface area contributed by atoms with Crippen LogP contribution >= 0.6 is 0 Å². The minimum atomic E-state index is 0.566. The van der Waals surface area contributed by atoms with E-state index < -0.39 is 0 Å². The predicted molar refractivity (Wildman–Crippen MR) is 118 cm³/mol. The quantitative estimate of drug-likeness (QED) is 0.502. The van der Waals surface area contributed by atoms with Crippen molar-refractivity contribution in [3.8, 4) is 11.5 Å². The van der Waals surface area contributed by atoms with Crippen LogP contribution in [0.25, 0.3) is 0 Å². The second-order valence-corrected chi connectivity index (χ2v) is 6.54. The number of aryl methyl sites for hydroxylation is 1. The molecule has 152 valence electrons. The molecule has 0 bridgehead atoms. The summed E-state index contributed by atoms with van der Waals surface area (Å²) in [5, 5.41) is 9.73. The Hall–Kier alpha value is -3.48. The summed E-state index contributed by atoms with van der Waals surface area (Å²) in [5.41, 5.74) is 4.04. The molecule has 1 heterocycles. The third-order valence-corrected chi connectivity index (χ3v) is 4.45. The van der Waals surface area contributed by atoms with Crippen molar-refractivity contribution in [2.45, 2.75) is 13.3 Å². The van der Waals surface area contributed by atoms with Gasteiger partial charge in [-0.15, -0.1) is 0 Å². The standard InChI is InChI=1S/C22H27N5O2/c1-15-13-21(24-12-11-16-5-10-19(28-3)20(14-16)29-4)27-22(25-15)26-18-8-6-17(23-2)7-9-18/h5-10,13-14,23H,11-12H2,1-4H3,(H2,24,25,26,27). The van der Waals surface area contributed by atoms with E-state index in [-0.39, 0.29) is 0 Å². The molecule has 1 aromatic heterocycles. The SMILES string of the molecule is CNc1ccc(Nc2nc(C)cc(NCCc3ccc(OC)c(OC)c3)n2)cc1. The molecular formula is C22H27N5O2. The number of ether oxygens (including phenoxy) is 2. The van der Waals surface area contributed by atoms with Crippen LogP contribution < -0.4 is 25.4 Å². The minimum Gasteiger partial charge on any atom is -0.493 e. The topological polar surface area (TPSA) is 80.3 Å². The summed E-state index contributed by atoms with van der Waals surface area (Å²) in [6, 6.07) is 15.9. The summed E-state index contributed by atoms with van der Waals surface area (Å²) < 4.78 is 10.7. The number of nitrogens with zero attached hydrogens (tertiary/aromatic N) is 2.